The number of nitrogens with zero attached hydrogens (tertiary/aromatic N) is 2. The zero-order valence-corrected chi connectivity index (χ0v) is 13.1. The number of Topliss-reactive ketones (excluding diaryl/α,β-unsaturated/α-hetero) is 1. The number of hydrogen-bond acceptors (Lipinski definition) is 4. The molecule has 3 nitrogen and oxygen atoms in total. The van der Waals surface area contributed by atoms with Gasteiger partial charge in [-0.05, 0) is 32.0 Å². The van der Waals surface area contributed by atoms with E-state index < -0.39 is 0 Å². The molecule has 0 aliphatic carbocycles. The Bertz CT molecular complexity index is 427. The Balaban J connectivity index is 1.90. The molecule has 5 heteroatoms. The fourth-order valence-electron chi connectivity index (χ4n) is 2.51. The lowest BCUT2D eigenvalue weighted by atomic mass is 10.1. The van der Waals surface area contributed by atoms with Crippen LogP contribution in [0.2, 0.25) is 4.34 Å². The SMILES string of the molecule is CCCN1CCN(C(C)C(=O)c2ccc(Cl)s2)CC1. The second-order valence-corrected chi connectivity index (χ2v) is 6.74. The molecule has 0 radical (unpaired) electrons. The molecule has 106 valence electrons. The molecular weight excluding hydrogens is 280 g/mol. The molecule has 0 aromatic carbocycles. The number of carbonyl (C=O) groups is 1. The molecule has 2 heterocycles. The highest BCUT2D eigenvalue weighted by Gasteiger charge is 2.26. The van der Waals surface area contributed by atoms with Crippen LogP contribution in [0.1, 0.15) is 29.9 Å². The summed E-state index contributed by atoms with van der Waals surface area (Å²) in [5.74, 6) is 0.195. The van der Waals surface area contributed by atoms with E-state index in [1.807, 2.05) is 13.0 Å². The van der Waals surface area contributed by atoms with Gasteiger partial charge in [-0.15, -0.1) is 11.3 Å². The van der Waals surface area contributed by atoms with E-state index in [9.17, 15) is 4.79 Å². The standard InChI is InChI=1S/C14H21ClN2OS/c1-3-6-16-7-9-17(10-8-16)11(2)14(18)12-4-5-13(15)19-12/h4-5,11H,3,6-10H2,1-2H3. The molecule has 0 saturated carbocycles. The number of thiophene rings is 1. The maximum atomic E-state index is 12.4. The number of piperazine rings is 1. The molecule has 1 aromatic heterocycles. The van der Waals surface area contributed by atoms with Crippen LogP contribution in [0.4, 0.5) is 0 Å². The Morgan fingerprint density at radius 1 is 1.37 bits per heavy atom. The Morgan fingerprint density at radius 2 is 2.05 bits per heavy atom. The Kier molecular flexibility index (Phi) is 5.39. The second-order valence-electron chi connectivity index (χ2n) is 5.02. The number of rotatable bonds is 5. The minimum absolute atomic E-state index is 0.0431. The van der Waals surface area contributed by atoms with Gasteiger partial charge in [-0.3, -0.25) is 9.69 Å². The molecule has 0 bridgehead atoms. The number of halogens is 1. The van der Waals surface area contributed by atoms with Crippen molar-refractivity contribution in [2.75, 3.05) is 32.7 Å². The fourth-order valence-corrected chi connectivity index (χ4v) is 3.57. The predicted molar refractivity (Wildman–Crippen MR) is 81.4 cm³/mol. The largest absolute Gasteiger partial charge is 0.301 e. The molecule has 1 aliphatic heterocycles. The van der Waals surface area contributed by atoms with Gasteiger partial charge in [0.05, 0.1) is 15.3 Å². The van der Waals surface area contributed by atoms with Crippen molar-refractivity contribution in [2.24, 2.45) is 0 Å². The summed E-state index contributed by atoms with van der Waals surface area (Å²) in [6, 6.07) is 3.59. The van der Waals surface area contributed by atoms with Crippen molar-refractivity contribution in [1.29, 1.82) is 0 Å². The minimum atomic E-state index is -0.0431. The number of carbonyl (C=O) groups excluding carboxylic acids is 1. The average molecular weight is 301 g/mol. The predicted octanol–water partition coefficient (Wildman–Crippen LogP) is 3.00. The molecular formula is C14H21ClN2OS. The molecule has 2 rings (SSSR count). The Labute approximate surface area is 124 Å². The third-order valence-electron chi connectivity index (χ3n) is 3.69. The fraction of sp³-hybridized carbons (Fsp3) is 0.643. The van der Waals surface area contributed by atoms with Crippen LogP contribution in [0.3, 0.4) is 0 Å². The zero-order valence-electron chi connectivity index (χ0n) is 11.6. The lowest BCUT2D eigenvalue weighted by molar-refractivity contribution is 0.0704. The molecule has 1 unspecified atom stereocenters. The molecule has 0 N–H and O–H groups in total. The van der Waals surface area contributed by atoms with Crippen LogP contribution in [0, 0.1) is 0 Å². The van der Waals surface area contributed by atoms with Crippen molar-refractivity contribution in [2.45, 2.75) is 26.3 Å². The van der Waals surface area contributed by atoms with Crippen molar-refractivity contribution >= 4 is 28.7 Å². The monoisotopic (exact) mass is 300 g/mol. The zero-order chi connectivity index (χ0) is 13.8. The molecule has 1 atom stereocenters. The summed E-state index contributed by atoms with van der Waals surface area (Å²) in [7, 11) is 0. The molecule has 0 amide bonds. The Hall–Kier alpha value is -0.420. The van der Waals surface area contributed by atoms with Gasteiger partial charge < -0.3 is 4.90 Å². The first-order chi connectivity index (χ1) is 9.11. The van der Waals surface area contributed by atoms with E-state index in [0.717, 1.165) is 37.6 Å². The van der Waals surface area contributed by atoms with E-state index in [1.165, 1.54) is 17.8 Å². The van der Waals surface area contributed by atoms with Crippen LogP contribution in [0.25, 0.3) is 0 Å². The van der Waals surface area contributed by atoms with Gasteiger partial charge >= 0.3 is 0 Å². The third kappa shape index (κ3) is 3.78. The summed E-state index contributed by atoms with van der Waals surface area (Å²) in [6.07, 6.45) is 1.20. The third-order valence-corrected chi connectivity index (χ3v) is 4.94. The normalized spacial score (nSPS) is 19.5. The topological polar surface area (TPSA) is 23.6 Å². The minimum Gasteiger partial charge on any atom is -0.301 e. The van der Waals surface area contributed by atoms with Gasteiger partial charge in [-0.25, -0.2) is 0 Å². The van der Waals surface area contributed by atoms with Crippen molar-refractivity contribution < 1.29 is 4.79 Å². The number of hydrogen-bond donors (Lipinski definition) is 0. The summed E-state index contributed by atoms with van der Waals surface area (Å²) in [6.45, 7) is 9.46. The maximum absolute atomic E-state index is 12.4. The quantitative estimate of drug-likeness (QED) is 0.781. The van der Waals surface area contributed by atoms with Gasteiger partial charge in [0.15, 0.2) is 5.78 Å². The number of ketones is 1. The van der Waals surface area contributed by atoms with Gasteiger partial charge in [0.2, 0.25) is 0 Å². The summed E-state index contributed by atoms with van der Waals surface area (Å²) in [5.41, 5.74) is 0. The average Bonchev–Trinajstić information content (AvgIpc) is 2.85. The van der Waals surface area contributed by atoms with Gasteiger partial charge in [0.25, 0.3) is 0 Å². The highest BCUT2D eigenvalue weighted by Crippen LogP contribution is 2.23. The van der Waals surface area contributed by atoms with Crippen molar-refractivity contribution in [3.8, 4) is 0 Å². The van der Waals surface area contributed by atoms with Crippen LogP contribution in [-0.2, 0) is 0 Å². The first-order valence-corrected chi connectivity index (χ1v) is 8.07. The van der Waals surface area contributed by atoms with Crippen LogP contribution >= 0.6 is 22.9 Å². The molecule has 1 aliphatic rings. The highest BCUT2D eigenvalue weighted by molar-refractivity contribution is 7.18. The Morgan fingerprint density at radius 3 is 2.58 bits per heavy atom. The van der Waals surface area contributed by atoms with Gasteiger partial charge in [-0.2, -0.15) is 0 Å². The van der Waals surface area contributed by atoms with Crippen LogP contribution < -0.4 is 0 Å². The maximum Gasteiger partial charge on any atom is 0.189 e. The lowest BCUT2D eigenvalue weighted by Crippen LogP contribution is -2.51. The van der Waals surface area contributed by atoms with Gasteiger partial charge in [0, 0.05) is 26.2 Å². The van der Waals surface area contributed by atoms with Crippen LogP contribution in [-0.4, -0.2) is 54.3 Å². The first kappa shape index (κ1) is 15.0. The summed E-state index contributed by atoms with van der Waals surface area (Å²) in [4.78, 5) is 17.9. The van der Waals surface area contributed by atoms with Crippen molar-refractivity contribution in [3.05, 3.63) is 21.3 Å². The second kappa shape index (κ2) is 6.84. The van der Waals surface area contributed by atoms with Crippen molar-refractivity contribution in [3.63, 3.8) is 0 Å². The van der Waals surface area contributed by atoms with E-state index >= 15 is 0 Å². The van der Waals surface area contributed by atoms with Crippen molar-refractivity contribution in [1.82, 2.24) is 9.80 Å². The van der Waals surface area contributed by atoms with Crippen LogP contribution in [0.15, 0.2) is 12.1 Å². The molecule has 19 heavy (non-hydrogen) atoms. The van der Waals surface area contributed by atoms with E-state index in [0.29, 0.717) is 4.34 Å². The van der Waals surface area contributed by atoms with E-state index in [-0.39, 0.29) is 11.8 Å². The van der Waals surface area contributed by atoms with Gasteiger partial charge in [-0.1, -0.05) is 18.5 Å². The highest BCUT2D eigenvalue weighted by atomic mass is 35.5. The smallest absolute Gasteiger partial charge is 0.189 e. The van der Waals surface area contributed by atoms with Gasteiger partial charge in [0.1, 0.15) is 0 Å². The summed E-state index contributed by atoms with van der Waals surface area (Å²) >= 11 is 7.27. The molecule has 1 fully saturated rings. The van der Waals surface area contributed by atoms with Crippen LogP contribution in [0.5, 0.6) is 0 Å². The molecule has 0 spiro atoms. The lowest BCUT2D eigenvalue weighted by Gasteiger charge is -2.37. The van der Waals surface area contributed by atoms with E-state index in [1.54, 1.807) is 6.07 Å². The molecule has 1 saturated heterocycles. The first-order valence-electron chi connectivity index (χ1n) is 6.87. The summed E-state index contributed by atoms with van der Waals surface area (Å²) in [5, 5.41) is 0. The summed E-state index contributed by atoms with van der Waals surface area (Å²) < 4.78 is 0.684. The van der Waals surface area contributed by atoms with E-state index in [4.69, 9.17) is 11.6 Å². The van der Waals surface area contributed by atoms with E-state index in [2.05, 4.69) is 16.7 Å². The molecule has 1 aromatic rings.